The minimum Gasteiger partial charge on any atom is -0.456 e. The SMILES string of the molecule is O=C1NC(=S)S/C1=C\C1=C(c2ccccc2)Oc2ccccc2[C@H]1c1ccccc1. The Labute approximate surface area is 184 Å². The maximum absolute atomic E-state index is 12.4. The number of para-hydroxylation sites is 1. The predicted molar refractivity (Wildman–Crippen MR) is 125 cm³/mol. The van der Waals surface area contributed by atoms with Crippen LogP contribution in [0.3, 0.4) is 0 Å². The molecule has 1 N–H and O–H groups in total. The molecule has 0 unspecified atom stereocenters. The third kappa shape index (κ3) is 3.47. The van der Waals surface area contributed by atoms with E-state index in [-0.39, 0.29) is 11.8 Å². The Bertz CT molecular complexity index is 1200. The van der Waals surface area contributed by atoms with Crippen LogP contribution in [0.15, 0.2) is 101 Å². The minimum atomic E-state index is -0.171. The second-order valence-electron chi connectivity index (χ2n) is 6.99. The second-order valence-corrected chi connectivity index (χ2v) is 8.71. The molecular formula is C25H17NO2S2. The summed E-state index contributed by atoms with van der Waals surface area (Å²) in [6.07, 6.45) is 1.93. The first kappa shape index (κ1) is 18.9. The first-order chi connectivity index (χ1) is 14.7. The van der Waals surface area contributed by atoms with Crippen molar-refractivity contribution < 1.29 is 9.53 Å². The first-order valence-electron chi connectivity index (χ1n) is 9.57. The largest absolute Gasteiger partial charge is 0.456 e. The summed E-state index contributed by atoms with van der Waals surface area (Å²) >= 11 is 6.48. The summed E-state index contributed by atoms with van der Waals surface area (Å²) in [6.45, 7) is 0. The van der Waals surface area contributed by atoms with E-state index >= 15 is 0 Å². The first-order valence-corrected chi connectivity index (χ1v) is 10.8. The number of nitrogens with one attached hydrogen (secondary N) is 1. The zero-order valence-electron chi connectivity index (χ0n) is 15.9. The van der Waals surface area contributed by atoms with Crippen molar-refractivity contribution >= 4 is 40.0 Å². The van der Waals surface area contributed by atoms with Crippen LogP contribution in [-0.4, -0.2) is 10.2 Å². The van der Waals surface area contributed by atoms with Gasteiger partial charge in [-0.2, -0.15) is 0 Å². The van der Waals surface area contributed by atoms with E-state index in [2.05, 4.69) is 23.5 Å². The molecule has 5 rings (SSSR count). The fourth-order valence-corrected chi connectivity index (χ4v) is 4.85. The van der Waals surface area contributed by atoms with Gasteiger partial charge < -0.3 is 10.1 Å². The lowest BCUT2D eigenvalue weighted by molar-refractivity contribution is -0.115. The number of allylic oxidation sites excluding steroid dienone is 2. The third-order valence-electron chi connectivity index (χ3n) is 5.11. The Morgan fingerprint density at radius 3 is 2.27 bits per heavy atom. The molecular weight excluding hydrogens is 410 g/mol. The average Bonchev–Trinajstić information content (AvgIpc) is 3.11. The van der Waals surface area contributed by atoms with Crippen LogP contribution in [0.25, 0.3) is 5.76 Å². The number of hydrogen-bond donors (Lipinski definition) is 1. The zero-order valence-corrected chi connectivity index (χ0v) is 17.5. The molecule has 0 saturated carbocycles. The monoisotopic (exact) mass is 427 g/mol. The minimum absolute atomic E-state index is 0.0681. The number of amides is 1. The van der Waals surface area contributed by atoms with Crippen molar-refractivity contribution in [1.29, 1.82) is 0 Å². The van der Waals surface area contributed by atoms with Crippen molar-refractivity contribution in [1.82, 2.24) is 5.32 Å². The molecule has 3 aromatic carbocycles. The number of carbonyl (C=O) groups excluding carboxylic acids is 1. The Kier molecular flexibility index (Phi) is 4.99. The second kappa shape index (κ2) is 7.94. The molecule has 2 aliphatic heterocycles. The van der Waals surface area contributed by atoms with Crippen molar-refractivity contribution in [3.8, 4) is 5.75 Å². The van der Waals surface area contributed by atoms with Crippen molar-refractivity contribution in [3.05, 3.63) is 118 Å². The normalized spacial score (nSPS) is 19.5. The van der Waals surface area contributed by atoms with E-state index in [9.17, 15) is 4.79 Å². The van der Waals surface area contributed by atoms with Gasteiger partial charge in [0.1, 0.15) is 15.8 Å². The Balaban J connectivity index is 1.78. The van der Waals surface area contributed by atoms with Gasteiger partial charge in [-0.3, -0.25) is 4.79 Å². The highest BCUT2D eigenvalue weighted by Gasteiger charge is 2.32. The van der Waals surface area contributed by atoms with Crippen molar-refractivity contribution in [2.24, 2.45) is 0 Å². The van der Waals surface area contributed by atoms with E-state index in [4.69, 9.17) is 17.0 Å². The number of benzene rings is 3. The zero-order chi connectivity index (χ0) is 20.5. The molecule has 146 valence electrons. The molecule has 1 atom stereocenters. The fourth-order valence-electron chi connectivity index (χ4n) is 3.81. The molecule has 0 spiro atoms. The molecule has 0 aliphatic carbocycles. The van der Waals surface area contributed by atoms with Crippen LogP contribution in [0.4, 0.5) is 0 Å². The van der Waals surface area contributed by atoms with Crippen LogP contribution in [-0.2, 0) is 4.79 Å². The lowest BCUT2D eigenvalue weighted by Crippen LogP contribution is -2.19. The molecule has 0 radical (unpaired) electrons. The molecule has 1 saturated heterocycles. The molecule has 3 nitrogen and oxygen atoms in total. The van der Waals surface area contributed by atoms with E-state index in [1.165, 1.54) is 11.8 Å². The van der Waals surface area contributed by atoms with E-state index in [0.717, 1.165) is 33.8 Å². The smallest absolute Gasteiger partial charge is 0.263 e. The van der Waals surface area contributed by atoms with Gasteiger partial charge in [0.05, 0.1) is 4.91 Å². The highest BCUT2D eigenvalue weighted by atomic mass is 32.2. The van der Waals surface area contributed by atoms with Crippen LogP contribution in [0.1, 0.15) is 22.6 Å². The molecule has 3 aromatic rings. The lowest BCUT2D eigenvalue weighted by Gasteiger charge is -2.30. The van der Waals surface area contributed by atoms with Crippen LogP contribution < -0.4 is 10.1 Å². The van der Waals surface area contributed by atoms with Gasteiger partial charge in [0.2, 0.25) is 0 Å². The fraction of sp³-hybridized carbons (Fsp3) is 0.0400. The maximum atomic E-state index is 12.4. The Hall–Kier alpha value is -3.15. The summed E-state index contributed by atoms with van der Waals surface area (Å²) in [7, 11) is 0. The predicted octanol–water partition coefficient (Wildman–Crippen LogP) is 5.65. The van der Waals surface area contributed by atoms with E-state index in [1.54, 1.807) is 0 Å². The van der Waals surface area contributed by atoms with Gasteiger partial charge in [-0.25, -0.2) is 0 Å². The summed E-state index contributed by atoms with van der Waals surface area (Å²) in [5.41, 5.74) is 4.11. The molecule has 5 heteroatoms. The van der Waals surface area contributed by atoms with E-state index in [1.807, 2.05) is 72.8 Å². The summed E-state index contributed by atoms with van der Waals surface area (Å²) in [4.78, 5) is 13.0. The number of thiocarbonyl (C=S) groups is 1. The van der Waals surface area contributed by atoms with Crippen LogP contribution >= 0.6 is 24.0 Å². The molecule has 1 fully saturated rings. The average molecular weight is 428 g/mol. The Morgan fingerprint density at radius 2 is 1.57 bits per heavy atom. The van der Waals surface area contributed by atoms with Crippen molar-refractivity contribution in [2.75, 3.05) is 0 Å². The summed E-state index contributed by atoms with van der Waals surface area (Å²) in [5, 5.41) is 2.71. The quantitative estimate of drug-likeness (QED) is 0.433. The van der Waals surface area contributed by atoms with Gasteiger partial charge >= 0.3 is 0 Å². The third-order valence-corrected chi connectivity index (χ3v) is 6.28. The molecule has 0 bridgehead atoms. The van der Waals surface area contributed by atoms with Crippen LogP contribution in [0, 0.1) is 0 Å². The molecule has 0 aromatic heterocycles. The number of ether oxygens (including phenoxy) is 1. The number of rotatable bonds is 3. The highest BCUT2D eigenvalue weighted by molar-refractivity contribution is 8.26. The summed E-state index contributed by atoms with van der Waals surface area (Å²) in [6, 6.07) is 28.4. The van der Waals surface area contributed by atoms with Gasteiger partial charge in [-0.1, -0.05) is 103 Å². The highest BCUT2D eigenvalue weighted by Crippen LogP contribution is 2.47. The van der Waals surface area contributed by atoms with Crippen LogP contribution in [0.2, 0.25) is 0 Å². The Morgan fingerprint density at radius 1 is 0.900 bits per heavy atom. The van der Waals surface area contributed by atoms with Gasteiger partial charge in [0.25, 0.3) is 5.91 Å². The number of fused-ring (bicyclic) bond motifs is 1. The number of hydrogen-bond acceptors (Lipinski definition) is 4. The van der Waals surface area contributed by atoms with Crippen LogP contribution in [0.5, 0.6) is 5.75 Å². The summed E-state index contributed by atoms with van der Waals surface area (Å²) in [5.74, 6) is 1.34. The van der Waals surface area contributed by atoms with Crippen molar-refractivity contribution in [3.63, 3.8) is 0 Å². The van der Waals surface area contributed by atoms with E-state index in [0.29, 0.717) is 9.23 Å². The van der Waals surface area contributed by atoms with Gasteiger partial charge in [0, 0.05) is 22.6 Å². The molecule has 30 heavy (non-hydrogen) atoms. The van der Waals surface area contributed by atoms with Gasteiger partial charge in [0.15, 0.2) is 0 Å². The van der Waals surface area contributed by atoms with Gasteiger partial charge in [-0.15, -0.1) is 0 Å². The lowest BCUT2D eigenvalue weighted by atomic mass is 9.81. The number of thioether (sulfide) groups is 1. The molecule has 1 amide bonds. The molecule has 2 aliphatic rings. The maximum Gasteiger partial charge on any atom is 0.263 e. The molecule has 2 heterocycles. The number of carbonyl (C=O) groups is 1. The topological polar surface area (TPSA) is 38.3 Å². The summed E-state index contributed by atoms with van der Waals surface area (Å²) < 4.78 is 6.89. The van der Waals surface area contributed by atoms with Crippen molar-refractivity contribution in [2.45, 2.75) is 5.92 Å². The van der Waals surface area contributed by atoms with E-state index < -0.39 is 0 Å². The van der Waals surface area contributed by atoms with Gasteiger partial charge in [-0.05, 0) is 17.7 Å². The standard InChI is InChI=1S/C25H17NO2S2/c27-24-21(30-25(29)26-24)15-19-22(16-9-3-1-4-10-16)18-13-7-8-14-20(18)28-23(19)17-11-5-2-6-12-17/h1-15,22H,(H,26,27,29)/b21-15-/t22-/m1/s1.